The highest BCUT2D eigenvalue weighted by Crippen LogP contribution is 2.03. The zero-order valence-corrected chi connectivity index (χ0v) is 7.46. The predicted molar refractivity (Wildman–Crippen MR) is 38.9 cm³/mol. The van der Waals surface area contributed by atoms with E-state index in [0.717, 1.165) is 16.7 Å². The summed E-state index contributed by atoms with van der Waals surface area (Å²) in [7, 11) is 1.10. The molecule has 0 aromatic heterocycles. The third kappa shape index (κ3) is 3.86. The van der Waals surface area contributed by atoms with E-state index in [-0.39, 0.29) is 0 Å². The van der Waals surface area contributed by atoms with Gasteiger partial charge < -0.3 is 5.21 Å². The Balaban J connectivity index is 3.17. The van der Waals surface area contributed by atoms with Crippen LogP contribution < -0.4 is 0 Å². The van der Waals surface area contributed by atoms with Gasteiger partial charge in [0.25, 0.3) is 0 Å². The van der Waals surface area contributed by atoms with Crippen molar-refractivity contribution in [1.29, 1.82) is 0 Å². The van der Waals surface area contributed by atoms with E-state index in [9.17, 15) is 0 Å². The first-order chi connectivity index (χ1) is 3.81. The molecule has 0 fully saturated rings. The molecule has 0 rings (SSSR count). The second-order valence-corrected chi connectivity index (χ2v) is 3.51. The van der Waals surface area contributed by atoms with Gasteiger partial charge in [-0.25, -0.2) is 0 Å². The van der Waals surface area contributed by atoms with E-state index in [4.69, 9.17) is 5.21 Å². The summed E-state index contributed by atoms with van der Waals surface area (Å²) in [5.41, 5.74) is 0.560. The first kappa shape index (κ1) is 7.69. The molecule has 0 spiro atoms. The number of hydrogen-bond acceptors (Lipinski definition) is 2. The van der Waals surface area contributed by atoms with Crippen molar-refractivity contribution in [3.63, 3.8) is 0 Å². The second kappa shape index (κ2) is 4.84. The van der Waals surface area contributed by atoms with Crippen molar-refractivity contribution in [3.05, 3.63) is 0 Å². The molecule has 1 N–H and O–H groups in total. The lowest BCUT2D eigenvalue weighted by Gasteiger charge is -1.97. The maximum Gasteiger partial charge on any atom is 0.0430 e. The Bertz CT molecular complexity index is 74.8. The molecule has 3 heteroatoms. The molecule has 0 radical (unpaired) electrons. The summed E-state index contributed by atoms with van der Waals surface area (Å²) in [5.74, 6) is 0. The van der Waals surface area contributed by atoms with Crippen LogP contribution in [-0.4, -0.2) is 21.7 Å². The van der Waals surface area contributed by atoms with Gasteiger partial charge >= 0.3 is 0 Å². The van der Waals surface area contributed by atoms with Crippen molar-refractivity contribution < 1.29 is 5.21 Å². The van der Waals surface area contributed by atoms with Gasteiger partial charge in [-0.15, -0.1) is 5.16 Å². The maximum atomic E-state index is 8.05. The van der Waals surface area contributed by atoms with Gasteiger partial charge in [0.05, 0.1) is 0 Å². The molecular weight excluding hydrogens is 118 g/mol. The van der Waals surface area contributed by atoms with Crippen molar-refractivity contribution >= 4 is 16.5 Å². The van der Waals surface area contributed by atoms with Crippen LogP contribution in [0.15, 0.2) is 5.16 Å². The smallest absolute Gasteiger partial charge is 0.0430 e. The van der Waals surface area contributed by atoms with Crippen molar-refractivity contribution in [3.8, 4) is 0 Å². The lowest BCUT2D eigenvalue weighted by molar-refractivity contribution is 0.320. The first-order valence-electron chi connectivity index (χ1n) is 2.98. The van der Waals surface area contributed by atoms with Crippen LogP contribution in [0.1, 0.15) is 19.8 Å². The van der Waals surface area contributed by atoms with E-state index in [1.807, 2.05) is 0 Å². The Morgan fingerprint density at radius 1 is 1.88 bits per heavy atom. The Hall–Kier alpha value is -0.313. The molecule has 0 bridgehead atoms. The summed E-state index contributed by atoms with van der Waals surface area (Å²) in [6.07, 6.45) is 3.96. The summed E-state index contributed by atoms with van der Waals surface area (Å²) < 4.78 is 0. The summed E-state index contributed by atoms with van der Waals surface area (Å²) in [6.45, 7) is 2.14. The number of rotatable bonds is 3. The average Bonchev–Trinajstić information content (AvgIpc) is 1.68. The van der Waals surface area contributed by atoms with Crippen LogP contribution in [0.5, 0.6) is 0 Å². The summed E-state index contributed by atoms with van der Waals surface area (Å²) in [6, 6.07) is 0. The largest absolute Gasteiger partial charge is 0.411 e. The third-order valence-corrected chi connectivity index (χ3v) is 1.94. The lowest BCUT2D eigenvalue weighted by atomic mass is 10.3. The van der Waals surface area contributed by atoms with Crippen LogP contribution in [-0.2, 0) is 0 Å². The van der Waals surface area contributed by atoms with Gasteiger partial charge in [-0.2, -0.15) is 0 Å². The molecule has 8 heavy (non-hydrogen) atoms. The topological polar surface area (TPSA) is 32.6 Å². The zero-order chi connectivity index (χ0) is 6.41. The van der Waals surface area contributed by atoms with E-state index in [0.29, 0.717) is 5.54 Å². The molecule has 0 amide bonds. The van der Waals surface area contributed by atoms with Gasteiger partial charge in [0.2, 0.25) is 0 Å². The van der Waals surface area contributed by atoms with E-state index in [1.54, 1.807) is 6.21 Å². The molecule has 0 aliphatic carbocycles. The highest BCUT2D eigenvalue weighted by atomic mass is 28.1. The minimum Gasteiger partial charge on any atom is -0.411 e. The lowest BCUT2D eigenvalue weighted by Crippen LogP contribution is -1.91. The Morgan fingerprint density at radius 2 is 2.50 bits per heavy atom. The molecule has 0 aliphatic rings. The Labute approximate surface area is 53.0 Å². The monoisotopic (exact) mass is 131 g/mol. The van der Waals surface area contributed by atoms with Crippen molar-refractivity contribution in [2.24, 2.45) is 5.16 Å². The van der Waals surface area contributed by atoms with Crippen LogP contribution in [0, 0.1) is 0 Å². The van der Waals surface area contributed by atoms with Gasteiger partial charge in [-0.1, -0.05) is 13.3 Å². The van der Waals surface area contributed by atoms with E-state index in [2.05, 4.69) is 12.1 Å². The minimum absolute atomic E-state index is 0.560. The molecular formula is C5H13NOSi. The molecule has 0 aliphatic heterocycles. The molecule has 0 heterocycles. The standard InChI is InChI=1S/C5H13NOSi/c1-2-3-5(8)4-6-7/h4-5,7H,2-3H2,1,8H3. The molecule has 0 aromatic carbocycles. The predicted octanol–water partition coefficient (Wildman–Crippen LogP) is 0.400. The van der Waals surface area contributed by atoms with Crippen LogP contribution in [0.4, 0.5) is 0 Å². The Morgan fingerprint density at radius 3 is 2.88 bits per heavy atom. The van der Waals surface area contributed by atoms with E-state index < -0.39 is 0 Å². The van der Waals surface area contributed by atoms with Gasteiger partial charge in [0, 0.05) is 16.5 Å². The minimum atomic E-state index is 0.560. The molecule has 1 atom stereocenters. The molecule has 0 aromatic rings. The van der Waals surface area contributed by atoms with Gasteiger partial charge in [-0.05, 0) is 12.0 Å². The van der Waals surface area contributed by atoms with Crippen molar-refractivity contribution in [2.45, 2.75) is 25.3 Å². The van der Waals surface area contributed by atoms with Gasteiger partial charge in [0.15, 0.2) is 0 Å². The van der Waals surface area contributed by atoms with Gasteiger partial charge in [0.1, 0.15) is 0 Å². The van der Waals surface area contributed by atoms with Crippen LogP contribution in [0.3, 0.4) is 0 Å². The van der Waals surface area contributed by atoms with Crippen LogP contribution >= 0.6 is 0 Å². The third-order valence-electron chi connectivity index (χ3n) is 1.07. The van der Waals surface area contributed by atoms with Crippen LogP contribution in [0.25, 0.3) is 0 Å². The molecule has 1 unspecified atom stereocenters. The fourth-order valence-corrected chi connectivity index (χ4v) is 1.35. The quantitative estimate of drug-likeness (QED) is 0.256. The van der Waals surface area contributed by atoms with Crippen molar-refractivity contribution in [2.75, 3.05) is 0 Å². The zero-order valence-electron chi connectivity index (χ0n) is 5.46. The summed E-state index contributed by atoms with van der Waals surface area (Å²) in [4.78, 5) is 0. The normalized spacial score (nSPS) is 15.1. The molecule has 48 valence electrons. The van der Waals surface area contributed by atoms with Crippen molar-refractivity contribution in [1.82, 2.24) is 0 Å². The fraction of sp³-hybridized carbons (Fsp3) is 0.800. The summed E-state index contributed by atoms with van der Waals surface area (Å²) >= 11 is 0. The number of hydrogen-bond donors (Lipinski definition) is 1. The van der Waals surface area contributed by atoms with E-state index in [1.165, 1.54) is 6.42 Å². The molecule has 0 saturated carbocycles. The van der Waals surface area contributed by atoms with Crippen LogP contribution in [0.2, 0.25) is 5.54 Å². The second-order valence-electron chi connectivity index (χ2n) is 2.03. The molecule has 0 saturated heterocycles. The Kier molecular flexibility index (Phi) is 4.65. The van der Waals surface area contributed by atoms with Gasteiger partial charge in [-0.3, -0.25) is 0 Å². The summed E-state index contributed by atoms with van der Waals surface area (Å²) in [5, 5.41) is 11.0. The SMILES string of the molecule is CCCC([SiH3])C=NO. The van der Waals surface area contributed by atoms with E-state index >= 15 is 0 Å². The fourth-order valence-electron chi connectivity index (χ4n) is 0.644. The number of nitrogens with zero attached hydrogens (tertiary/aromatic N) is 1. The average molecular weight is 131 g/mol. The highest BCUT2D eigenvalue weighted by molar-refractivity contribution is 6.20. The highest BCUT2D eigenvalue weighted by Gasteiger charge is 1.92. The molecule has 2 nitrogen and oxygen atoms in total. The maximum absolute atomic E-state index is 8.05. The number of oxime groups is 1. The first-order valence-corrected chi connectivity index (χ1v) is 4.14.